The van der Waals surface area contributed by atoms with Crippen LogP contribution in [0.1, 0.15) is 34.8 Å². The zero-order valence-electron chi connectivity index (χ0n) is 18.2. The number of para-hydroxylation sites is 1. The minimum Gasteiger partial charge on any atom is -0.302 e. The van der Waals surface area contributed by atoms with Crippen LogP contribution in [0.5, 0.6) is 0 Å². The maximum absolute atomic E-state index is 13.5. The van der Waals surface area contributed by atoms with E-state index < -0.39 is 0 Å². The standard InChI is InChI=1S/C23H26N4OS2.ClH/c1-5-26(6-2)11-12-27(22(28)21-24-17-9-7-8-10-19(17)29-21)23-25-18-13-15(3)16(4)14-20(18)30-23;/h7-10,13-14H,5-6,11-12H2,1-4H3;1H. The van der Waals surface area contributed by atoms with E-state index in [2.05, 4.69) is 49.7 Å². The first-order valence-corrected chi connectivity index (χ1v) is 11.9. The quantitative estimate of drug-likeness (QED) is 0.333. The Balaban J connectivity index is 0.00000272. The maximum atomic E-state index is 13.5. The molecule has 0 aliphatic rings. The van der Waals surface area contributed by atoms with Crippen molar-refractivity contribution in [1.29, 1.82) is 0 Å². The molecule has 0 aliphatic carbocycles. The predicted octanol–water partition coefficient (Wildman–Crippen LogP) is 5.93. The maximum Gasteiger partial charge on any atom is 0.289 e. The fraction of sp³-hybridized carbons (Fsp3) is 0.348. The molecule has 8 heteroatoms. The molecule has 2 aromatic heterocycles. The van der Waals surface area contributed by atoms with Crippen LogP contribution in [0.25, 0.3) is 20.4 Å². The molecule has 2 aromatic carbocycles. The van der Waals surface area contributed by atoms with Crippen molar-refractivity contribution >= 4 is 66.6 Å². The fourth-order valence-corrected chi connectivity index (χ4v) is 5.41. The summed E-state index contributed by atoms with van der Waals surface area (Å²) in [6.45, 7) is 11.8. The van der Waals surface area contributed by atoms with Gasteiger partial charge >= 0.3 is 0 Å². The number of hydrogen-bond acceptors (Lipinski definition) is 6. The number of carbonyl (C=O) groups excluding carboxylic acids is 1. The number of amides is 1. The normalized spacial score (nSPS) is 11.3. The molecule has 0 saturated heterocycles. The van der Waals surface area contributed by atoms with Gasteiger partial charge < -0.3 is 4.90 Å². The lowest BCUT2D eigenvalue weighted by Gasteiger charge is -2.24. The van der Waals surface area contributed by atoms with Gasteiger partial charge in [0.2, 0.25) is 0 Å². The number of carbonyl (C=O) groups is 1. The van der Waals surface area contributed by atoms with Gasteiger partial charge in [-0.25, -0.2) is 9.97 Å². The molecule has 2 heterocycles. The number of anilines is 1. The first-order valence-electron chi connectivity index (χ1n) is 10.3. The highest BCUT2D eigenvalue weighted by Gasteiger charge is 2.25. The fourth-order valence-electron chi connectivity index (χ4n) is 3.43. The molecule has 164 valence electrons. The van der Waals surface area contributed by atoms with Gasteiger partial charge in [0.1, 0.15) is 0 Å². The lowest BCUT2D eigenvalue weighted by Crippen LogP contribution is -2.38. The van der Waals surface area contributed by atoms with Crippen LogP contribution < -0.4 is 4.90 Å². The first-order chi connectivity index (χ1) is 14.5. The summed E-state index contributed by atoms with van der Waals surface area (Å²) >= 11 is 3.02. The van der Waals surface area contributed by atoms with E-state index in [1.165, 1.54) is 22.5 Å². The van der Waals surface area contributed by atoms with Crippen molar-refractivity contribution in [1.82, 2.24) is 14.9 Å². The molecule has 0 bridgehead atoms. The molecule has 0 saturated carbocycles. The van der Waals surface area contributed by atoms with Gasteiger partial charge in [-0.2, -0.15) is 0 Å². The Hall–Kier alpha value is -2.06. The monoisotopic (exact) mass is 474 g/mol. The third kappa shape index (κ3) is 4.90. The van der Waals surface area contributed by atoms with Gasteiger partial charge in [-0.05, 0) is 62.3 Å². The highest BCUT2D eigenvalue weighted by molar-refractivity contribution is 7.23. The largest absolute Gasteiger partial charge is 0.302 e. The Kier molecular flexibility index (Phi) is 7.64. The molecule has 31 heavy (non-hydrogen) atoms. The zero-order valence-corrected chi connectivity index (χ0v) is 20.7. The Morgan fingerprint density at radius 2 is 1.61 bits per heavy atom. The van der Waals surface area contributed by atoms with Gasteiger partial charge in [-0.3, -0.25) is 9.69 Å². The second-order valence-electron chi connectivity index (χ2n) is 7.37. The van der Waals surface area contributed by atoms with E-state index in [0.29, 0.717) is 11.6 Å². The van der Waals surface area contributed by atoms with Gasteiger partial charge in [-0.15, -0.1) is 23.7 Å². The third-order valence-corrected chi connectivity index (χ3v) is 7.55. The lowest BCUT2D eigenvalue weighted by atomic mass is 10.1. The van der Waals surface area contributed by atoms with Crippen molar-refractivity contribution in [3.8, 4) is 0 Å². The van der Waals surface area contributed by atoms with E-state index in [-0.39, 0.29) is 18.3 Å². The average molecular weight is 475 g/mol. The Morgan fingerprint density at radius 1 is 0.903 bits per heavy atom. The molecule has 0 atom stereocenters. The van der Waals surface area contributed by atoms with Crippen molar-refractivity contribution in [2.24, 2.45) is 0 Å². The number of nitrogens with zero attached hydrogens (tertiary/aromatic N) is 4. The Morgan fingerprint density at radius 3 is 2.32 bits per heavy atom. The summed E-state index contributed by atoms with van der Waals surface area (Å²) in [6, 6.07) is 12.2. The highest BCUT2D eigenvalue weighted by Crippen LogP contribution is 2.32. The van der Waals surface area contributed by atoms with Crippen molar-refractivity contribution in [2.45, 2.75) is 27.7 Å². The molecule has 0 N–H and O–H groups in total. The van der Waals surface area contributed by atoms with Crippen molar-refractivity contribution in [3.63, 3.8) is 0 Å². The first kappa shape index (κ1) is 23.6. The minimum absolute atomic E-state index is 0. The van der Waals surface area contributed by atoms with Gasteiger partial charge in [0.05, 0.1) is 20.4 Å². The molecular weight excluding hydrogens is 448 g/mol. The summed E-state index contributed by atoms with van der Waals surface area (Å²) in [5.41, 5.74) is 4.27. The van der Waals surface area contributed by atoms with Crippen LogP contribution in [0.2, 0.25) is 0 Å². The van der Waals surface area contributed by atoms with Gasteiger partial charge in [-0.1, -0.05) is 37.3 Å². The Bertz CT molecular complexity index is 1130. The van der Waals surface area contributed by atoms with Crippen LogP contribution in [-0.2, 0) is 0 Å². The van der Waals surface area contributed by atoms with Crippen molar-refractivity contribution < 1.29 is 4.79 Å². The lowest BCUT2D eigenvalue weighted by molar-refractivity contribution is 0.0983. The van der Waals surface area contributed by atoms with Crippen LogP contribution >= 0.6 is 35.1 Å². The number of hydrogen-bond donors (Lipinski definition) is 0. The van der Waals surface area contributed by atoms with E-state index in [1.807, 2.05) is 29.2 Å². The summed E-state index contributed by atoms with van der Waals surface area (Å²) in [6.07, 6.45) is 0. The van der Waals surface area contributed by atoms with Crippen LogP contribution in [0.15, 0.2) is 36.4 Å². The minimum atomic E-state index is -0.0733. The smallest absolute Gasteiger partial charge is 0.289 e. The number of halogens is 1. The van der Waals surface area contributed by atoms with Crippen molar-refractivity contribution in [2.75, 3.05) is 31.1 Å². The van der Waals surface area contributed by atoms with E-state index in [9.17, 15) is 4.79 Å². The zero-order chi connectivity index (χ0) is 21.3. The number of likely N-dealkylation sites (N-methyl/N-ethyl adjacent to an activating group) is 1. The van der Waals surface area contributed by atoms with Crippen LogP contribution in [0, 0.1) is 13.8 Å². The Labute approximate surface area is 197 Å². The topological polar surface area (TPSA) is 49.3 Å². The van der Waals surface area contributed by atoms with E-state index >= 15 is 0 Å². The molecule has 0 fully saturated rings. The molecule has 0 spiro atoms. The summed E-state index contributed by atoms with van der Waals surface area (Å²) in [5, 5.41) is 1.26. The summed E-state index contributed by atoms with van der Waals surface area (Å²) in [7, 11) is 0. The molecule has 5 nitrogen and oxygen atoms in total. The average Bonchev–Trinajstić information content (AvgIpc) is 3.35. The predicted molar refractivity (Wildman–Crippen MR) is 135 cm³/mol. The second-order valence-corrected chi connectivity index (χ2v) is 9.41. The second kappa shape index (κ2) is 10.0. The van der Waals surface area contributed by atoms with E-state index in [1.54, 1.807) is 11.3 Å². The molecule has 0 radical (unpaired) electrons. The number of rotatable bonds is 7. The molecule has 1 amide bonds. The van der Waals surface area contributed by atoms with E-state index in [4.69, 9.17) is 4.98 Å². The van der Waals surface area contributed by atoms with Crippen LogP contribution in [-0.4, -0.2) is 47.0 Å². The number of fused-ring (bicyclic) bond motifs is 2. The number of aromatic nitrogens is 2. The van der Waals surface area contributed by atoms with Crippen LogP contribution in [0.4, 0.5) is 5.13 Å². The highest BCUT2D eigenvalue weighted by atomic mass is 35.5. The molecular formula is C23H27ClN4OS2. The number of thiazole rings is 2. The van der Waals surface area contributed by atoms with Gasteiger partial charge in [0.15, 0.2) is 10.1 Å². The van der Waals surface area contributed by atoms with Gasteiger partial charge in [0.25, 0.3) is 5.91 Å². The van der Waals surface area contributed by atoms with Crippen LogP contribution in [0.3, 0.4) is 0 Å². The summed E-state index contributed by atoms with van der Waals surface area (Å²) < 4.78 is 2.14. The summed E-state index contributed by atoms with van der Waals surface area (Å²) in [5.74, 6) is -0.0733. The third-order valence-electron chi connectivity index (χ3n) is 5.48. The molecule has 0 aliphatic heterocycles. The number of benzene rings is 2. The summed E-state index contributed by atoms with van der Waals surface area (Å²) in [4.78, 5) is 27.1. The molecule has 0 unspecified atom stereocenters. The number of aryl methyl sites for hydroxylation is 2. The molecule has 4 aromatic rings. The molecule has 4 rings (SSSR count). The van der Waals surface area contributed by atoms with Gasteiger partial charge in [0, 0.05) is 13.1 Å². The van der Waals surface area contributed by atoms with E-state index in [0.717, 1.165) is 45.2 Å². The van der Waals surface area contributed by atoms with Crippen molar-refractivity contribution in [3.05, 3.63) is 52.5 Å². The SMILES string of the molecule is CCN(CC)CCN(C(=O)c1nc2ccccc2s1)c1nc2cc(C)c(C)cc2s1.Cl.